The number of aryl methyl sites for hydroxylation is 1. The minimum absolute atomic E-state index is 0.167. The third kappa shape index (κ3) is 10.2. The van der Waals surface area contributed by atoms with Crippen LogP contribution in [0.1, 0.15) is 41.5 Å². The maximum atomic E-state index is 12.9. The van der Waals surface area contributed by atoms with Crippen molar-refractivity contribution in [2.24, 2.45) is 5.73 Å². The fraction of sp³-hybridized carbons (Fsp3) is 0.515. The summed E-state index contributed by atoms with van der Waals surface area (Å²) < 4.78 is 49.8. The number of anilines is 1. The number of nitrogens with zero attached hydrogens (tertiary/aromatic N) is 6. The number of hydrogen-bond donors (Lipinski definition) is 3. The third-order valence-corrected chi connectivity index (χ3v) is 9.92. The first-order valence-electron chi connectivity index (χ1n) is 16.1. The molecule has 0 radical (unpaired) electrons. The van der Waals surface area contributed by atoms with Gasteiger partial charge in [-0.15, -0.1) is 11.3 Å². The molecule has 4 N–H and O–H groups in total. The van der Waals surface area contributed by atoms with Crippen LogP contribution < -0.4 is 16.4 Å². The van der Waals surface area contributed by atoms with E-state index in [4.69, 9.17) is 9.36 Å². The van der Waals surface area contributed by atoms with E-state index in [0.29, 0.717) is 27.8 Å². The summed E-state index contributed by atoms with van der Waals surface area (Å²) in [6, 6.07) is 11.0. The molecule has 4 aromatic rings. The van der Waals surface area contributed by atoms with Gasteiger partial charge in [0.15, 0.2) is 8.46 Å². The molecule has 11 nitrogen and oxygen atoms in total. The van der Waals surface area contributed by atoms with Crippen LogP contribution in [0.3, 0.4) is 0 Å². The number of nitrogens with two attached hydrogens (primary N) is 1. The van der Waals surface area contributed by atoms with Gasteiger partial charge in [-0.1, -0.05) is 6.07 Å². The van der Waals surface area contributed by atoms with Crippen LogP contribution in [-0.2, 0) is 28.9 Å². The summed E-state index contributed by atoms with van der Waals surface area (Å²) in [7, 11) is 0.167. The number of halogens is 3. The number of carbonyl (C=O) groups is 1. The van der Waals surface area contributed by atoms with E-state index in [0.717, 1.165) is 87.4 Å². The normalized spacial score (nSPS) is 16.8. The molecule has 49 heavy (non-hydrogen) atoms. The molecule has 264 valence electrons. The Balaban J connectivity index is 0.000000841. The average Bonchev–Trinajstić information content (AvgIpc) is 3.65. The first-order chi connectivity index (χ1) is 23.5. The minimum atomic E-state index is -4.25. The van der Waals surface area contributed by atoms with Crippen LogP contribution in [0.15, 0.2) is 30.6 Å². The van der Waals surface area contributed by atoms with E-state index in [-0.39, 0.29) is 25.8 Å². The lowest BCUT2D eigenvalue weighted by molar-refractivity contribution is -0.126. The molecule has 16 heteroatoms. The first-order valence-corrected chi connectivity index (χ1v) is 18.2. The second kappa shape index (κ2) is 17.8. The number of likely N-dealkylation sites (tertiary alicyclic amines) is 1. The number of hydrogen-bond acceptors (Lipinski definition) is 10. The predicted octanol–water partition coefficient (Wildman–Crippen LogP) is 5.31. The molecule has 2 aliphatic rings. The molecule has 0 aliphatic carbocycles. The van der Waals surface area contributed by atoms with Crippen LogP contribution in [0.25, 0.3) is 21.1 Å². The van der Waals surface area contributed by atoms with Crippen molar-refractivity contribution in [3.05, 3.63) is 52.3 Å². The molecule has 1 amide bonds. The zero-order chi connectivity index (χ0) is 35.6. The first kappa shape index (κ1) is 38.1. The Morgan fingerprint density at radius 2 is 1.86 bits per heavy atom. The van der Waals surface area contributed by atoms with E-state index >= 15 is 0 Å². The van der Waals surface area contributed by atoms with Crippen molar-refractivity contribution in [3.63, 3.8) is 0 Å². The number of nitrogens with one attached hydrogen (secondary N) is 2. The van der Waals surface area contributed by atoms with Gasteiger partial charge in [-0.25, -0.2) is 9.97 Å². The van der Waals surface area contributed by atoms with Gasteiger partial charge in [0.25, 0.3) is 0 Å². The number of alkyl halides is 3. The molecule has 3 aromatic heterocycles. The number of fused-ring (bicyclic) bond motifs is 2. The predicted molar refractivity (Wildman–Crippen MR) is 188 cm³/mol. The molecule has 0 unspecified atom stereocenters. The van der Waals surface area contributed by atoms with E-state index in [2.05, 4.69) is 72.8 Å². The summed E-state index contributed by atoms with van der Waals surface area (Å²) in [5, 5.41) is 18.6. The number of piperazine rings is 1. The van der Waals surface area contributed by atoms with Gasteiger partial charge < -0.3 is 20.9 Å². The second-order valence-electron chi connectivity index (χ2n) is 12.1. The van der Waals surface area contributed by atoms with Crippen LogP contribution in [0.4, 0.5) is 19.0 Å². The van der Waals surface area contributed by atoms with Crippen molar-refractivity contribution in [3.8, 4) is 6.07 Å². The molecule has 5 heterocycles. The number of benzene rings is 1. The summed E-state index contributed by atoms with van der Waals surface area (Å²) in [4.78, 5) is 22.9. The summed E-state index contributed by atoms with van der Waals surface area (Å²) in [5.74, 6) is 0.610. The standard InChI is InChI=1S/C31H37F3N8S.CH3NO.CH3OP/c1-20(41-11-7-36-8-12-41)17-42-24(16-35)13-26-21(2)22(3-4-28(26)42)18-40-9-5-23(6-10-40)39-29-27-14-25(15-31(32,33)34)43-30(27)38-19-37-29;2-1-3;1-3-2/h3-4,13-14,19-20,23,36H,5-12,15,17-18H2,1-2H3,(H,37,38,39);1H,(H2,2,3);1H3/t20-;;/m0../s1. The maximum absolute atomic E-state index is 12.9. The van der Waals surface area contributed by atoms with Gasteiger partial charge in [0, 0.05) is 86.9 Å². The van der Waals surface area contributed by atoms with Crippen molar-refractivity contribution in [1.29, 1.82) is 5.26 Å². The summed E-state index contributed by atoms with van der Waals surface area (Å²) in [6.07, 6.45) is -1.71. The number of amides is 1. The van der Waals surface area contributed by atoms with Crippen LogP contribution >= 0.6 is 19.8 Å². The maximum Gasteiger partial charge on any atom is 0.393 e. The van der Waals surface area contributed by atoms with E-state index in [9.17, 15) is 18.4 Å². The fourth-order valence-corrected chi connectivity index (χ4v) is 7.49. The molecule has 1 atom stereocenters. The monoisotopic (exact) mass is 717 g/mol. The molecule has 1 aromatic carbocycles. The number of primary amides is 1. The molecule has 2 saturated heterocycles. The molecule has 0 bridgehead atoms. The number of rotatable bonds is 8. The minimum Gasteiger partial charge on any atom is -0.372 e. The highest BCUT2D eigenvalue weighted by atomic mass is 32.1. The van der Waals surface area contributed by atoms with Crippen molar-refractivity contribution in [1.82, 2.24) is 29.7 Å². The molecule has 2 fully saturated rings. The molecule has 6 rings (SSSR count). The van der Waals surface area contributed by atoms with E-state index in [1.165, 1.54) is 17.5 Å². The van der Waals surface area contributed by atoms with Crippen LogP contribution in [-0.4, -0.2) is 94.9 Å². The molecule has 0 saturated carbocycles. The van der Waals surface area contributed by atoms with Gasteiger partial charge in [-0.3, -0.25) is 19.2 Å². The Morgan fingerprint density at radius 1 is 1.18 bits per heavy atom. The Kier molecular flexibility index (Phi) is 13.9. The number of aromatic nitrogens is 3. The van der Waals surface area contributed by atoms with Crippen LogP contribution in [0.2, 0.25) is 0 Å². The lowest BCUT2D eigenvalue weighted by Crippen LogP contribution is -2.48. The van der Waals surface area contributed by atoms with Gasteiger partial charge in [0.05, 0.1) is 11.8 Å². The lowest BCUT2D eigenvalue weighted by atomic mass is 10.0. The van der Waals surface area contributed by atoms with Gasteiger partial charge >= 0.3 is 6.18 Å². The highest BCUT2D eigenvalue weighted by molar-refractivity contribution is 7.22. The van der Waals surface area contributed by atoms with Crippen LogP contribution in [0, 0.1) is 18.3 Å². The Labute approximate surface area is 289 Å². The van der Waals surface area contributed by atoms with Gasteiger partial charge in [0.1, 0.15) is 28.7 Å². The number of carbonyl (C=O) groups excluding carboxylic acids is 1. The highest BCUT2D eigenvalue weighted by Crippen LogP contribution is 2.33. The third-order valence-electron chi connectivity index (χ3n) is 8.88. The van der Waals surface area contributed by atoms with Crippen molar-refractivity contribution in [2.45, 2.75) is 64.5 Å². The average molecular weight is 718 g/mol. The topological polar surface area (TPSA) is 145 Å². The smallest absolute Gasteiger partial charge is 0.372 e. The molecular weight excluding hydrogens is 674 g/mol. The SMILES string of the molecule is CP=O.Cc1c(CN2CCC(Nc3ncnc4sc(CC(F)(F)F)cc34)CC2)ccc2c1cc(C#N)n2C[C@H](C)N1CCNCC1.NC=O. The van der Waals surface area contributed by atoms with E-state index in [1.807, 2.05) is 6.07 Å². The summed E-state index contributed by atoms with van der Waals surface area (Å²) in [6.45, 7) is 13.4. The molecular formula is C33H43F3N9O2PS. The van der Waals surface area contributed by atoms with Crippen molar-refractivity contribution in [2.75, 3.05) is 51.3 Å². The van der Waals surface area contributed by atoms with Crippen molar-refractivity contribution < 1.29 is 22.5 Å². The Hall–Kier alpha value is -3.67. The van der Waals surface area contributed by atoms with E-state index in [1.54, 1.807) is 12.7 Å². The van der Waals surface area contributed by atoms with Crippen LogP contribution in [0.5, 0.6) is 0 Å². The largest absolute Gasteiger partial charge is 0.393 e. The number of nitriles is 1. The highest BCUT2D eigenvalue weighted by Gasteiger charge is 2.29. The quantitative estimate of drug-likeness (QED) is 0.163. The molecule has 0 spiro atoms. The van der Waals surface area contributed by atoms with Gasteiger partial charge in [0.2, 0.25) is 6.41 Å². The van der Waals surface area contributed by atoms with Gasteiger partial charge in [-0.05, 0) is 56.0 Å². The summed E-state index contributed by atoms with van der Waals surface area (Å²) in [5.41, 5.74) is 8.48. The second-order valence-corrected chi connectivity index (χ2v) is 13.6. The van der Waals surface area contributed by atoms with Crippen molar-refractivity contribution >= 4 is 53.1 Å². The Morgan fingerprint density at radius 3 is 2.49 bits per heavy atom. The fourth-order valence-electron chi connectivity index (χ4n) is 6.46. The Bertz CT molecular complexity index is 1740. The summed E-state index contributed by atoms with van der Waals surface area (Å²) >= 11 is 1.07. The zero-order valence-electron chi connectivity index (χ0n) is 28.0. The molecule has 2 aliphatic heterocycles. The lowest BCUT2D eigenvalue weighted by Gasteiger charge is -2.33. The number of thiophene rings is 1. The zero-order valence-corrected chi connectivity index (χ0v) is 29.7. The van der Waals surface area contributed by atoms with E-state index < -0.39 is 12.6 Å². The number of piperidine rings is 1. The van der Waals surface area contributed by atoms with Gasteiger partial charge in [-0.2, -0.15) is 18.4 Å².